The number of hydrogen-bond acceptors (Lipinski definition) is 1. The number of rotatable bonds is 7. The molecule has 0 amide bonds. The Labute approximate surface area is 78.7 Å². The molecule has 0 heterocycles. The Bertz CT molecular complexity index is 76.5. The van der Waals surface area contributed by atoms with E-state index in [4.69, 9.17) is 28.3 Å². The van der Waals surface area contributed by atoms with Crippen molar-refractivity contribution in [1.82, 2.24) is 0 Å². The molecular weight excluding hydrogens is 183 g/mol. The number of aliphatic hydroxyl groups is 1. The maximum atomic E-state index is 8.70. The van der Waals surface area contributed by atoms with Crippen LogP contribution < -0.4 is 0 Å². The lowest BCUT2D eigenvalue weighted by Crippen LogP contribution is -1.94. The molecule has 68 valence electrons. The van der Waals surface area contributed by atoms with Gasteiger partial charge in [0.2, 0.25) is 0 Å². The molecule has 0 aliphatic rings. The Morgan fingerprint density at radius 2 is 1.55 bits per heavy atom. The standard InChI is InChI=1S/C8H16Cl2O/c9-7-5-3-1-2-4-6-8(10)11/h8,11H,1-7H2. The highest BCUT2D eigenvalue weighted by Gasteiger charge is 1.96. The highest BCUT2D eigenvalue weighted by Crippen LogP contribution is 2.09. The first kappa shape index (κ1) is 11.5. The Kier molecular flexibility index (Phi) is 9.06. The zero-order valence-corrected chi connectivity index (χ0v) is 8.24. The zero-order chi connectivity index (χ0) is 8.53. The number of unbranched alkanes of at least 4 members (excludes halogenated alkanes) is 4. The summed E-state index contributed by atoms with van der Waals surface area (Å²) in [6, 6.07) is 0. The van der Waals surface area contributed by atoms with Crippen molar-refractivity contribution in [3.05, 3.63) is 0 Å². The van der Waals surface area contributed by atoms with Crippen molar-refractivity contribution in [1.29, 1.82) is 0 Å². The van der Waals surface area contributed by atoms with Gasteiger partial charge in [0.15, 0.2) is 0 Å². The van der Waals surface area contributed by atoms with Crippen LogP contribution in [0.5, 0.6) is 0 Å². The van der Waals surface area contributed by atoms with E-state index in [-0.39, 0.29) is 0 Å². The van der Waals surface area contributed by atoms with E-state index in [0.29, 0.717) is 6.42 Å². The molecule has 1 N–H and O–H groups in total. The smallest absolute Gasteiger partial charge is 0.128 e. The second-order valence-electron chi connectivity index (χ2n) is 2.68. The van der Waals surface area contributed by atoms with Crippen LogP contribution in [0.25, 0.3) is 0 Å². The van der Waals surface area contributed by atoms with Crippen LogP contribution in [-0.2, 0) is 0 Å². The summed E-state index contributed by atoms with van der Waals surface area (Å²) < 4.78 is 0. The van der Waals surface area contributed by atoms with E-state index >= 15 is 0 Å². The predicted molar refractivity (Wildman–Crippen MR) is 50.3 cm³/mol. The van der Waals surface area contributed by atoms with Gasteiger partial charge in [-0.3, -0.25) is 0 Å². The van der Waals surface area contributed by atoms with Crippen molar-refractivity contribution in [3.8, 4) is 0 Å². The number of hydrogen-bond donors (Lipinski definition) is 1. The summed E-state index contributed by atoms with van der Waals surface area (Å²) >= 11 is 10.9. The summed E-state index contributed by atoms with van der Waals surface area (Å²) in [5, 5.41) is 8.70. The van der Waals surface area contributed by atoms with Crippen LogP contribution in [-0.4, -0.2) is 16.5 Å². The van der Waals surface area contributed by atoms with E-state index in [0.717, 1.165) is 25.1 Å². The summed E-state index contributed by atoms with van der Waals surface area (Å²) in [6.45, 7) is 0. The van der Waals surface area contributed by atoms with E-state index in [1.54, 1.807) is 0 Å². The quantitative estimate of drug-likeness (QED) is 0.493. The Balaban J connectivity index is 2.80. The normalized spacial score (nSPS) is 13.4. The molecule has 0 aromatic rings. The predicted octanol–water partition coefficient (Wildman–Crippen LogP) is 3.12. The lowest BCUT2D eigenvalue weighted by Gasteiger charge is -2.01. The fourth-order valence-electron chi connectivity index (χ4n) is 0.938. The van der Waals surface area contributed by atoms with Gasteiger partial charge in [-0.05, 0) is 19.3 Å². The SMILES string of the molecule is OC(Cl)CCCCCCCCl. The molecule has 1 atom stereocenters. The van der Waals surface area contributed by atoms with Crippen LogP contribution in [0.15, 0.2) is 0 Å². The van der Waals surface area contributed by atoms with Crippen molar-refractivity contribution in [2.45, 2.75) is 44.1 Å². The molecule has 0 saturated heterocycles. The third-order valence-corrected chi connectivity index (χ3v) is 2.06. The Hall–Kier alpha value is 0.540. The van der Waals surface area contributed by atoms with Gasteiger partial charge in [0, 0.05) is 5.88 Å². The highest BCUT2D eigenvalue weighted by molar-refractivity contribution is 6.19. The fraction of sp³-hybridized carbons (Fsp3) is 1.00. The lowest BCUT2D eigenvalue weighted by atomic mass is 10.1. The summed E-state index contributed by atoms with van der Waals surface area (Å²) in [5.41, 5.74) is -0.650. The molecule has 3 heteroatoms. The van der Waals surface area contributed by atoms with E-state index in [9.17, 15) is 0 Å². The van der Waals surface area contributed by atoms with Gasteiger partial charge in [0.1, 0.15) is 5.56 Å². The van der Waals surface area contributed by atoms with Crippen molar-refractivity contribution >= 4 is 23.2 Å². The topological polar surface area (TPSA) is 20.2 Å². The molecule has 0 saturated carbocycles. The minimum Gasteiger partial charge on any atom is -0.378 e. The fourth-order valence-corrected chi connectivity index (χ4v) is 1.28. The van der Waals surface area contributed by atoms with Crippen molar-refractivity contribution in [2.75, 3.05) is 5.88 Å². The average molecular weight is 199 g/mol. The number of halogens is 2. The van der Waals surface area contributed by atoms with Crippen LogP contribution in [0, 0.1) is 0 Å². The van der Waals surface area contributed by atoms with Crippen LogP contribution in [0.3, 0.4) is 0 Å². The van der Waals surface area contributed by atoms with Crippen LogP contribution in [0.2, 0.25) is 0 Å². The highest BCUT2D eigenvalue weighted by atomic mass is 35.5. The molecule has 0 aliphatic heterocycles. The third-order valence-electron chi connectivity index (χ3n) is 1.58. The maximum Gasteiger partial charge on any atom is 0.128 e. The van der Waals surface area contributed by atoms with Gasteiger partial charge in [-0.25, -0.2) is 0 Å². The van der Waals surface area contributed by atoms with Gasteiger partial charge in [-0.2, -0.15) is 0 Å². The molecule has 0 aliphatic carbocycles. The first-order valence-corrected chi connectivity index (χ1v) is 5.12. The first-order valence-electron chi connectivity index (χ1n) is 4.15. The molecule has 11 heavy (non-hydrogen) atoms. The molecule has 0 spiro atoms. The molecule has 0 radical (unpaired) electrons. The van der Waals surface area contributed by atoms with E-state index in [1.165, 1.54) is 12.8 Å². The number of aliphatic hydroxyl groups excluding tert-OH is 1. The molecule has 0 rings (SSSR count). The zero-order valence-electron chi connectivity index (χ0n) is 6.73. The van der Waals surface area contributed by atoms with Crippen molar-refractivity contribution in [3.63, 3.8) is 0 Å². The number of alkyl halides is 2. The minimum absolute atomic E-state index is 0.650. The lowest BCUT2D eigenvalue weighted by molar-refractivity contribution is 0.240. The largest absolute Gasteiger partial charge is 0.378 e. The second-order valence-corrected chi connectivity index (χ2v) is 3.56. The van der Waals surface area contributed by atoms with Gasteiger partial charge < -0.3 is 5.11 Å². The molecular formula is C8H16Cl2O. The van der Waals surface area contributed by atoms with Crippen LogP contribution in [0.4, 0.5) is 0 Å². The minimum atomic E-state index is -0.650. The van der Waals surface area contributed by atoms with E-state index < -0.39 is 5.56 Å². The van der Waals surface area contributed by atoms with Gasteiger partial charge in [-0.1, -0.05) is 30.9 Å². The third kappa shape index (κ3) is 10.5. The van der Waals surface area contributed by atoms with E-state index in [2.05, 4.69) is 0 Å². The summed E-state index contributed by atoms with van der Waals surface area (Å²) in [7, 11) is 0. The molecule has 0 bridgehead atoms. The van der Waals surface area contributed by atoms with Gasteiger partial charge >= 0.3 is 0 Å². The molecule has 1 unspecified atom stereocenters. The molecule has 0 aromatic heterocycles. The summed E-state index contributed by atoms with van der Waals surface area (Å²) in [5.74, 6) is 0.762. The average Bonchev–Trinajstić information content (AvgIpc) is 1.96. The Morgan fingerprint density at radius 1 is 1.00 bits per heavy atom. The summed E-state index contributed by atoms with van der Waals surface area (Å²) in [6.07, 6.45) is 6.39. The Morgan fingerprint density at radius 3 is 2.09 bits per heavy atom. The van der Waals surface area contributed by atoms with Crippen LogP contribution in [0.1, 0.15) is 38.5 Å². The van der Waals surface area contributed by atoms with Crippen LogP contribution >= 0.6 is 23.2 Å². The summed E-state index contributed by atoms with van der Waals surface area (Å²) in [4.78, 5) is 0. The van der Waals surface area contributed by atoms with Gasteiger partial charge in [0.25, 0.3) is 0 Å². The molecule has 0 aromatic carbocycles. The van der Waals surface area contributed by atoms with Gasteiger partial charge in [0.05, 0.1) is 0 Å². The monoisotopic (exact) mass is 198 g/mol. The van der Waals surface area contributed by atoms with Crippen molar-refractivity contribution in [2.24, 2.45) is 0 Å². The van der Waals surface area contributed by atoms with Crippen molar-refractivity contribution < 1.29 is 5.11 Å². The molecule has 0 fully saturated rings. The second kappa shape index (κ2) is 8.63. The van der Waals surface area contributed by atoms with E-state index in [1.807, 2.05) is 0 Å². The maximum absolute atomic E-state index is 8.70. The van der Waals surface area contributed by atoms with Gasteiger partial charge in [-0.15, -0.1) is 11.6 Å². The molecule has 1 nitrogen and oxygen atoms in total. The first-order chi connectivity index (χ1) is 5.27.